The number of carboxylic acid groups (broad SMARTS) is 1. The summed E-state index contributed by atoms with van der Waals surface area (Å²) >= 11 is 5.97. The molecule has 0 unspecified atom stereocenters. The normalized spacial score (nSPS) is 10.3. The lowest BCUT2D eigenvalue weighted by molar-refractivity contribution is 0.0698. The number of benzene rings is 2. The second-order valence-corrected chi connectivity index (χ2v) is 4.64. The molecule has 2 rings (SSSR count). The fraction of sp³-hybridized carbons (Fsp3) is 0.133. The first-order valence-corrected chi connectivity index (χ1v) is 6.08. The number of methoxy groups -OCH3 is 1. The number of aromatic carboxylic acids is 1. The number of hydrogen-bond acceptors (Lipinski definition) is 2. The third-order valence-corrected chi connectivity index (χ3v) is 3.09. The van der Waals surface area contributed by atoms with Crippen LogP contribution in [0.4, 0.5) is 0 Å². The van der Waals surface area contributed by atoms with E-state index in [2.05, 4.69) is 0 Å². The molecule has 0 amide bonds. The Bertz CT molecular complexity index is 635. The monoisotopic (exact) mass is 276 g/mol. The maximum atomic E-state index is 11.3. The fourth-order valence-corrected chi connectivity index (χ4v) is 2.13. The van der Waals surface area contributed by atoms with Crippen LogP contribution in [0.3, 0.4) is 0 Å². The Morgan fingerprint density at radius 3 is 2.53 bits per heavy atom. The van der Waals surface area contributed by atoms with Crippen LogP contribution in [0.1, 0.15) is 15.9 Å². The number of carbonyl (C=O) groups is 1. The Morgan fingerprint density at radius 1 is 1.16 bits per heavy atom. The number of carboxylic acids is 1. The Labute approximate surface area is 116 Å². The van der Waals surface area contributed by atoms with Crippen molar-refractivity contribution in [3.05, 3.63) is 52.5 Å². The van der Waals surface area contributed by atoms with E-state index in [1.54, 1.807) is 19.2 Å². The van der Waals surface area contributed by atoms with Crippen molar-refractivity contribution in [1.82, 2.24) is 0 Å². The smallest absolute Gasteiger partial charge is 0.336 e. The third-order valence-electron chi connectivity index (χ3n) is 2.86. The van der Waals surface area contributed by atoms with Crippen molar-refractivity contribution in [2.75, 3.05) is 7.11 Å². The predicted octanol–water partition coefficient (Wildman–Crippen LogP) is 4.02. The Balaban J connectivity index is 2.73. The molecule has 0 spiro atoms. The highest BCUT2D eigenvalue weighted by atomic mass is 35.5. The first-order chi connectivity index (χ1) is 9.02. The van der Waals surface area contributed by atoms with Gasteiger partial charge in [-0.05, 0) is 37.3 Å². The highest BCUT2D eigenvalue weighted by Crippen LogP contribution is 2.34. The van der Waals surface area contributed by atoms with Crippen LogP contribution in [0.15, 0.2) is 36.4 Å². The summed E-state index contributed by atoms with van der Waals surface area (Å²) in [4.78, 5) is 11.3. The number of hydrogen-bond donors (Lipinski definition) is 1. The van der Waals surface area contributed by atoms with Gasteiger partial charge in [0.25, 0.3) is 0 Å². The van der Waals surface area contributed by atoms with Gasteiger partial charge in [-0.25, -0.2) is 4.79 Å². The number of aryl methyl sites for hydroxylation is 1. The molecule has 98 valence electrons. The molecule has 0 bridgehead atoms. The molecule has 4 heteroatoms. The maximum absolute atomic E-state index is 11.3. The minimum atomic E-state index is -0.991. The molecule has 19 heavy (non-hydrogen) atoms. The van der Waals surface area contributed by atoms with Crippen LogP contribution in [-0.4, -0.2) is 18.2 Å². The van der Waals surface area contributed by atoms with E-state index in [0.717, 1.165) is 11.1 Å². The number of ether oxygens (including phenoxy) is 1. The van der Waals surface area contributed by atoms with Gasteiger partial charge in [-0.3, -0.25) is 0 Å². The summed E-state index contributed by atoms with van der Waals surface area (Å²) in [5.74, 6) is -0.370. The minimum absolute atomic E-state index is 0.202. The van der Waals surface area contributed by atoms with Gasteiger partial charge in [-0.1, -0.05) is 23.2 Å². The van der Waals surface area contributed by atoms with Crippen LogP contribution in [0.25, 0.3) is 11.1 Å². The predicted molar refractivity (Wildman–Crippen MR) is 75.1 cm³/mol. The van der Waals surface area contributed by atoms with Crippen molar-refractivity contribution < 1.29 is 14.6 Å². The molecule has 0 fully saturated rings. The number of rotatable bonds is 3. The van der Waals surface area contributed by atoms with Crippen molar-refractivity contribution in [2.45, 2.75) is 6.92 Å². The van der Waals surface area contributed by atoms with Gasteiger partial charge >= 0.3 is 5.97 Å². The zero-order valence-electron chi connectivity index (χ0n) is 10.6. The van der Waals surface area contributed by atoms with Gasteiger partial charge in [-0.2, -0.15) is 0 Å². The zero-order chi connectivity index (χ0) is 14.0. The van der Waals surface area contributed by atoms with E-state index >= 15 is 0 Å². The molecule has 1 N–H and O–H groups in total. The summed E-state index contributed by atoms with van der Waals surface area (Å²) in [5.41, 5.74) is 2.50. The van der Waals surface area contributed by atoms with Crippen LogP contribution in [0.5, 0.6) is 5.75 Å². The lowest BCUT2D eigenvalue weighted by atomic mass is 9.97. The largest absolute Gasteiger partial charge is 0.496 e. The van der Waals surface area contributed by atoms with Gasteiger partial charge in [0.15, 0.2) is 0 Å². The summed E-state index contributed by atoms with van der Waals surface area (Å²) in [6.45, 7) is 1.94. The molecule has 0 radical (unpaired) electrons. The third kappa shape index (κ3) is 2.71. The molecule has 0 aliphatic heterocycles. The SMILES string of the molecule is COc1ccc(C)cc1-c1cc(Cl)ccc1C(=O)O. The molecular formula is C15H13ClO3. The number of halogens is 1. The van der Waals surface area contributed by atoms with Crippen molar-refractivity contribution >= 4 is 17.6 Å². The molecule has 0 saturated carbocycles. The van der Waals surface area contributed by atoms with Crippen molar-refractivity contribution in [3.8, 4) is 16.9 Å². The van der Waals surface area contributed by atoms with Gasteiger partial charge in [0, 0.05) is 16.1 Å². The average molecular weight is 277 g/mol. The standard InChI is InChI=1S/C15H13ClO3/c1-9-3-6-14(19-2)13(7-9)12-8-10(16)4-5-11(12)15(17)18/h3-8H,1-2H3,(H,17,18). The topological polar surface area (TPSA) is 46.5 Å². The summed E-state index contributed by atoms with van der Waals surface area (Å²) in [5, 5.41) is 9.76. The fourth-order valence-electron chi connectivity index (χ4n) is 1.96. The molecule has 0 aromatic heterocycles. The lowest BCUT2D eigenvalue weighted by Crippen LogP contribution is -2.00. The van der Waals surface area contributed by atoms with Gasteiger partial charge in [0.2, 0.25) is 0 Å². The van der Waals surface area contributed by atoms with Gasteiger partial charge in [-0.15, -0.1) is 0 Å². The summed E-state index contributed by atoms with van der Waals surface area (Å²) in [6.07, 6.45) is 0. The van der Waals surface area contributed by atoms with Crippen LogP contribution >= 0.6 is 11.6 Å². The van der Waals surface area contributed by atoms with E-state index < -0.39 is 5.97 Å². The Kier molecular flexibility index (Phi) is 3.76. The highest BCUT2D eigenvalue weighted by molar-refractivity contribution is 6.31. The van der Waals surface area contributed by atoms with Crippen LogP contribution in [0.2, 0.25) is 5.02 Å². The van der Waals surface area contributed by atoms with E-state index in [1.165, 1.54) is 6.07 Å². The van der Waals surface area contributed by atoms with Crippen molar-refractivity contribution in [2.24, 2.45) is 0 Å². The molecule has 3 nitrogen and oxygen atoms in total. The van der Waals surface area contributed by atoms with Crippen molar-refractivity contribution in [1.29, 1.82) is 0 Å². The lowest BCUT2D eigenvalue weighted by Gasteiger charge is -2.12. The summed E-state index contributed by atoms with van der Waals surface area (Å²) < 4.78 is 5.29. The quantitative estimate of drug-likeness (QED) is 0.921. The zero-order valence-corrected chi connectivity index (χ0v) is 11.4. The molecule has 2 aromatic rings. The minimum Gasteiger partial charge on any atom is -0.496 e. The van der Waals surface area contributed by atoms with Gasteiger partial charge < -0.3 is 9.84 Å². The van der Waals surface area contributed by atoms with Crippen LogP contribution in [-0.2, 0) is 0 Å². The maximum Gasteiger partial charge on any atom is 0.336 e. The van der Waals surface area contributed by atoms with E-state index in [0.29, 0.717) is 16.3 Å². The second-order valence-electron chi connectivity index (χ2n) is 4.20. The first kappa shape index (κ1) is 13.4. The molecular weight excluding hydrogens is 264 g/mol. The molecule has 2 aromatic carbocycles. The summed E-state index contributed by atoms with van der Waals surface area (Å²) in [6, 6.07) is 10.3. The van der Waals surface area contributed by atoms with Crippen LogP contribution in [0, 0.1) is 6.92 Å². The van der Waals surface area contributed by atoms with E-state index in [-0.39, 0.29) is 5.56 Å². The molecule has 0 heterocycles. The molecule has 0 aliphatic rings. The first-order valence-electron chi connectivity index (χ1n) is 5.71. The summed E-state index contributed by atoms with van der Waals surface area (Å²) in [7, 11) is 1.55. The molecule has 0 saturated heterocycles. The molecule has 0 aliphatic carbocycles. The van der Waals surface area contributed by atoms with E-state index in [1.807, 2.05) is 25.1 Å². The Hall–Kier alpha value is -2.00. The average Bonchev–Trinajstić information content (AvgIpc) is 2.38. The van der Waals surface area contributed by atoms with Gasteiger partial charge in [0.1, 0.15) is 5.75 Å². The van der Waals surface area contributed by atoms with Gasteiger partial charge in [0.05, 0.1) is 12.7 Å². The van der Waals surface area contributed by atoms with E-state index in [4.69, 9.17) is 16.3 Å². The molecule has 0 atom stereocenters. The van der Waals surface area contributed by atoms with Crippen LogP contribution < -0.4 is 4.74 Å². The van der Waals surface area contributed by atoms with E-state index in [9.17, 15) is 9.90 Å². The van der Waals surface area contributed by atoms with Crippen molar-refractivity contribution in [3.63, 3.8) is 0 Å². The Morgan fingerprint density at radius 2 is 1.89 bits per heavy atom. The second kappa shape index (κ2) is 5.33. The highest BCUT2D eigenvalue weighted by Gasteiger charge is 2.15.